The van der Waals surface area contributed by atoms with Crippen molar-refractivity contribution in [3.63, 3.8) is 0 Å². The molecule has 0 spiro atoms. The lowest BCUT2D eigenvalue weighted by Gasteiger charge is -2.42. The highest BCUT2D eigenvalue weighted by atomic mass is 35.5. The number of alkyl halides is 3. The zero-order valence-electron chi connectivity index (χ0n) is 33.0. The Morgan fingerprint density at radius 3 is 1.95 bits per heavy atom. The summed E-state index contributed by atoms with van der Waals surface area (Å²) in [6, 6.07) is 16.1. The molecule has 2 aliphatic heterocycles. The summed E-state index contributed by atoms with van der Waals surface area (Å²) in [7, 11) is 3.07. The second kappa shape index (κ2) is 16.2. The van der Waals surface area contributed by atoms with E-state index < -0.39 is 57.1 Å². The minimum atomic E-state index is -5.05. The van der Waals surface area contributed by atoms with Gasteiger partial charge in [0, 0.05) is 31.6 Å². The number of fused-ring (bicyclic) bond motifs is 3. The van der Waals surface area contributed by atoms with E-state index in [2.05, 4.69) is 21.5 Å². The van der Waals surface area contributed by atoms with Crippen LogP contribution in [0.25, 0.3) is 28.2 Å². The number of aromatic nitrogens is 3. The number of hydrogen-bond acceptors (Lipinski definition) is 9. The number of hydrogen-bond donors (Lipinski definition) is 0. The Morgan fingerprint density at radius 1 is 0.898 bits per heavy atom. The Kier molecular flexibility index (Phi) is 11.4. The van der Waals surface area contributed by atoms with Crippen LogP contribution < -0.4 is 19.3 Å². The lowest BCUT2D eigenvalue weighted by molar-refractivity contribution is -0.137. The van der Waals surface area contributed by atoms with Crippen molar-refractivity contribution >= 4 is 46.3 Å². The van der Waals surface area contributed by atoms with Crippen LogP contribution >= 0.6 is 11.6 Å². The van der Waals surface area contributed by atoms with Crippen molar-refractivity contribution in [3.8, 4) is 22.8 Å². The predicted octanol–water partition coefficient (Wildman–Crippen LogP) is 10.1. The lowest BCUT2D eigenvalue weighted by atomic mass is 9.97. The number of benzene rings is 3. The van der Waals surface area contributed by atoms with Crippen LogP contribution in [-0.4, -0.2) is 70.9 Å². The van der Waals surface area contributed by atoms with E-state index in [0.29, 0.717) is 24.3 Å². The number of pyridine rings is 1. The molecule has 2 bridgehead atoms. The number of nitrogens with zero attached hydrogens (tertiary/aromatic N) is 6. The third-order valence-corrected chi connectivity index (χ3v) is 10.7. The summed E-state index contributed by atoms with van der Waals surface area (Å²) in [6.45, 7) is 9.74. The number of ether oxygens (including phenoxy) is 3. The maximum atomic E-state index is 17.1. The van der Waals surface area contributed by atoms with E-state index >= 15 is 22.0 Å². The van der Waals surface area contributed by atoms with E-state index in [1.807, 2.05) is 24.3 Å². The Hall–Kier alpha value is -5.70. The number of amides is 1. The van der Waals surface area contributed by atoms with Gasteiger partial charge in [0.25, 0.3) is 0 Å². The first kappa shape index (κ1) is 41.5. The van der Waals surface area contributed by atoms with Crippen molar-refractivity contribution in [2.45, 2.75) is 70.6 Å². The maximum absolute atomic E-state index is 17.1. The van der Waals surface area contributed by atoms with Gasteiger partial charge in [0.1, 0.15) is 34.3 Å². The Labute approximate surface area is 343 Å². The molecule has 3 aromatic carbocycles. The molecule has 2 aromatic heterocycles. The molecule has 4 heterocycles. The molecule has 0 N–H and O–H groups in total. The van der Waals surface area contributed by atoms with E-state index in [-0.39, 0.29) is 60.8 Å². The molecule has 2 aliphatic rings. The molecule has 59 heavy (non-hydrogen) atoms. The van der Waals surface area contributed by atoms with Crippen LogP contribution in [-0.2, 0) is 24.0 Å². The number of methoxy groups -OCH3 is 2. The minimum absolute atomic E-state index is 0.00437. The zero-order valence-corrected chi connectivity index (χ0v) is 33.8. The molecule has 310 valence electrons. The fourth-order valence-corrected chi connectivity index (χ4v) is 8.05. The average Bonchev–Trinajstić information content (AvgIpc) is 3.46. The molecule has 10 nitrogen and oxygen atoms in total. The highest BCUT2D eigenvalue weighted by molar-refractivity contribution is 6.34. The SMILES string of the molecule is C=Cc1cc(N(Cc2ccc(OC)cc2)Cc2ccc(OC)cc2)nc(-c2c(Cl)cc3c(N4CC5CCC(C4)N5C(=O)OC(C)(C)C)nc(F)nc3c2F)c1C(F)(F)F. The molecule has 2 saturated heterocycles. The fraction of sp³-hybridized carbons (Fsp3) is 0.349. The average molecular weight is 837 g/mol. The summed E-state index contributed by atoms with van der Waals surface area (Å²) in [6.07, 6.45) is -4.51. The molecule has 0 radical (unpaired) electrons. The van der Waals surface area contributed by atoms with Gasteiger partial charge in [0.2, 0.25) is 0 Å². The maximum Gasteiger partial charge on any atom is 0.419 e. The zero-order chi connectivity index (χ0) is 42.4. The van der Waals surface area contributed by atoms with Gasteiger partial charge in [-0.3, -0.25) is 4.90 Å². The molecule has 2 atom stereocenters. The number of piperazine rings is 1. The smallest absolute Gasteiger partial charge is 0.419 e. The van der Waals surface area contributed by atoms with Gasteiger partial charge in [0.05, 0.1) is 48.1 Å². The number of halogens is 6. The molecule has 2 fully saturated rings. The molecule has 0 aliphatic carbocycles. The molecule has 7 rings (SSSR count). The summed E-state index contributed by atoms with van der Waals surface area (Å²) in [5.74, 6) is -0.0418. The third-order valence-electron chi connectivity index (χ3n) is 10.4. The second-order valence-corrected chi connectivity index (χ2v) is 15.9. The minimum Gasteiger partial charge on any atom is -0.497 e. The number of carbonyl (C=O) groups excluding carboxylic acids is 1. The van der Waals surface area contributed by atoms with Crippen molar-refractivity contribution < 1.29 is 41.0 Å². The van der Waals surface area contributed by atoms with Crippen LogP contribution in [0.4, 0.5) is 38.4 Å². The van der Waals surface area contributed by atoms with Crippen LogP contribution in [0.5, 0.6) is 11.5 Å². The van der Waals surface area contributed by atoms with Crippen molar-refractivity contribution in [1.82, 2.24) is 19.9 Å². The molecule has 5 aromatic rings. The lowest BCUT2D eigenvalue weighted by Crippen LogP contribution is -2.57. The Balaban J connectivity index is 1.35. The summed E-state index contributed by atoms with van der Waals surface area (Å²) in [5.41, 5.74) is -2.95. The van der Waals surface area contributed by atoms with Gasteiger partial charge in [-0.25, -0.2) is 14.2 Å². The quantitative estimate of drug-likeness (QED) is 0.101. The highest BCUT2D eigenvalue weighted by Gasteiger charge is 2.45. The van der Waals surface area contributed by atoms with Crippen molar-refractivity contribution in [1.29, 1.82) is 0 Å². The van der Waals surface area contributed by atoms with E-state index in [9.17, 15) is 4.79 Å². The van der Waals surface area contributed by atoms with Gasteiger partial charge in [0.15, 0.2) is 5.82 Å². The molecule has 1 amide bonds. The molecule has 2 unspecified atom stereocenters. The van der Waals surface area contributed by atoms with E-state index in [4.69, 9.17) is 25.8 Å². The van der Waals surface area contributed by atoms with E-state index in [0.717, 1.165) is 17.2 Å². The van der Waals surface area contributed by atoms with Gasteiger partial charge in [-0.2, -0.15) is 27.5 Å². The third kappa shape index (κ3) is 8.56. The van der Waals surface area contributed by atoms with Crippen LogP contribution in [0.15, 0.2) is 67.2 Å². The Morgan fingerprint density at radius 2 is 1.46 bits per heavy atom. The van der Waals surface area contributed by atoms with E-state index in [1.54, 1.807) is 59.7 Å². The first-order chi connectivity index (χ1) is 28.0. The van der Waals surface area contributed by atoms with Gasteiger partial charge < -0.3 is 24.0 Å². The van der Waals surface area contributed by atoms with Crippen molar-refractivity contribution in [2.75, 3.05) is 37.1 Å². The van der Waals surface area contributed by atoms with Gasteiger partial charge in [-0.15, -0.1) is 0 Å². The molecule has 16 heteroatoms. The number of carbonyl (C=O) groups is 1. The number of anilines is 2. The normalized spacial score (nSPS) is 16.7. The van der Waals surface area contributed by atoms with Crippen LogP contribution in [0.3, 0.4) is 0 Å². The van der Waals surface area contributed by atoms with Crippen molar-refractivity contribution in [2.24, 2.45) is 0 Å². The number of rotatable bonds is 10. The fourth-order valence-electron chi connectivity index (χ4n) is 7.77. The first-order valence-electron chi connectivity index (χ1n) is 18.8. The molecule has 0 saturated carbocycles. The van der Waals surface area contributed by atoms with E-state index in [1.165, 1.54) is 26.4 Å². The summed E-state index contributed by atoms with van der Waals surface area (Å²) < 4.78 is 94.1. The largest absolute Gasteiger partial charge is 0.497 e. The Bertz CT molecular complexity index is 2330. The van der Waals surface area contributed by atoms with Gasteiger partial charge in [-0.05, 0) is 86.7 Å². The highest BCUT2D eigenvalue weighted by Crippen LogP contribution is 2.46. The summed E-state index contributed by atoms with van der Waals surface area (Å²) >= 11 is 6.81. The molecular weight excluding hydrogens is 795 g/mol. The van der Waals surface area contributed by atoms with Crippen LogP contribution in [0.2, 0.25) is 5.02 Å². The van der Waals surface area contributed by atoms with Gasteiger partial charge >= 0.3 is 18.3 Å². The predicted molar refractivity (Wildman–Crippen MR) is 216 cm³/mol. The monoisotopic (exact) mass is 836 g/mol. The first-order valence-corrected chi connectivity index (χ1v) is 19.2. The topological polar surface area (TPSA) is 93.2 Å². The molecular formula is C43H42ClF5N6O4. The second-order valence-electron chi connectivity index (χ2n) is 15.5. The van der Waals surface area contributed by atoms with Crippen molar-refractivity contribution in [3.05, 3.63) is 106 Å². The van der Waals surface area contributed by atoms with Crippen LogP contribution in [0.1, 0.15) is 55.9 Å². The summed E-state index contributed by atoms with van der Waals surface area (Å²) in [5, 5.41) is -0.444. The van der Waals surface area contributed by atoms with Crippen LogP contribution in [0, 0.1) is 11.9 Å². The summed E-state index contributed by atoms with van der Waals surface area (Å²) in [4.78, 5) is 30.5. The standard InChI is InChI=1S/C43H42ClF5N6O4/c1-7-26-18-33(53(20-24-8-14-29(57-5)15-9-24)21-25-10-16-30(58-6)17-11-25)50-38(35(26)43(47,48)49)34-32(44)19-31-37(36(34)45)51-40(46)52-39(31)54-22-27-12-13-28(23-54)55(27)41(56)59-42(2,3)4/h7-11,14-19,27-28H,1,12-13,20-23H2,2-6H3. The van der Waals surface area contributed by atoms with Gasteiger partial charge in [-0.1, -0.05) is 48.5 Å².